The van der Waals surface area contributed by atoms with Crippen LogP contribution in [0.15, 0.2) is 473 Å². The Morgan fingerprint density at radius 1 is 0.119 bits per heavy atom. The minimum atomic E-state index is 1.15. The molecule has 6 nitrogen and oxygen atoms in total. The lowest BCUT2D eigenvalue weighted by Crippen LogP contribution is -1.97. The highest BCUT2D eigenvalue weighted by Gasteiger charge is 2.28. The van der Waals surface area contributed by atoms with Crippen molar-refractivity contribution in [3.8, 4) is 67.5 Å². The summed E-state index contributed by atoms with van der Waals surface area (Å²) in [6, 6.07) is 173. The van der Waals surface area contributed by atoms with E-state index in [0.717, 1.165) is 11.4 Å². The van der Waals surface area contributed by atoms with Crippen molar-refractivity contribution in [2.24, 2.45) is 0 Å². The fraction of sp³-hybridized carbons (Fsp3) is 0. The summed E-state index contributed by atoms with van der Waals surface area (Å²) in [5.41, 5.74) is 29.0. The highest BCUT2D eigenvalue weighted by molar-refractivity contribution is 7.27. The summed E-state index contributed by atoms with van der Waals surface area (Å²) in [7, 11) is 0. The van der Waals surface area contributed by atoms with Gasteiger partial charge in [0, 0.05) is 159 Å². The Morgan fingerprint density at radius 2 is 0.363 bits per heavy atom. The van der Waals surface area contributed by atoms with Gasteiger partial charge in [-0.3, -0.25) is 0 Å². The lowest BCUT2D eigenvalue weighted by molar-refractivity contribution is 1.17. The van der Waals surface area contributed by atoms with E-state index < -0.39 is 0 Å². The highest BCUT2D eigenvalue weighted by Crippen LogP contribution is 2.51. The third kappa shape index (κ3) is 12.1. The molecule has 30 aromatic rings. The van der Waals surface area contributed by atoms with E-state index in [2.05, 4.69) is 501 Å². The molecule has 0 unspecified atom stereocenters. The van der Waals surface area contributed by atoms with Crippen LogP contribution in [0.1, 0.15) is 0 Å². The van der Waals surface area contributed by atoms with E-state index in [1.807, 2.05) is 34.0 Å². The lowest BCUT2D eigenvalue weighted by Gasteiger charge is -2.14. The van der Waals surface area contributed by atoms with Crippen molar-refractivity contribution >= 4 is 225 Å². The number of para-hydroxylation sites is 7. The lowest BCUT2D eigenvalue weighted by atomic mass is 9.98. The first-order chi connectivity index (χ1) is 67.0. The highest BCUT2D eigenvalue weighted by atomic mass is 32.1. The van der Waals surface area contributed by atoms with Crippen LogP contribution in [0.3, 0.4) is 0 Å². The van der Waals surface area contributed by atoms with Gasteiger partial charge in [0.25, 0.3) is 0 Å². The van der Waals surface area contributed by atoms with Crippen LogP contribution in [0.25, 0.3) is 259 Å². The molecule has 9 heterocycles. The zero-order valence-corrected chi connectivity index (χ0v) is 75.4. The zero-order valence-electron chi connectivity index (χ0n) is 72.9. The third-order valence-corrected chi connectivity index (χ3v) is 31.2. The first-order valence-electron chi connectivity index (χ1n) is 46.1. The average molecular weight is 1770 g/mol. The van der Waals surface area contributed by atoms with Gasteiger partial charge in [0.1, 0.15) is 0 Å². The Balaban J connectivity index is 0.000000101. The second-order valence-corrected chi connectivity index (χ2v) is 38.5. The van der Waals surface area contributed by atoms with Gasteiger partial charge in [-0.25, -0.2) is 0 Å². The normalized spacial score (nSPS) is 12.0. The monoisotopic (exact) mass is 1770 g/mol. The van der Waals surface area contributed by atoms with Crippen LogP contribution < -0.4 is 0 Å². The van der Waals surface area contributed by atoms with Gasteiger partial charge in [0.2, 0.25) is 0 Å². The summed E-state index contributed by atoms with van der Waals surface area (Å²) in [4.78, 5) is 0. The van der Waals surface area contributed by atoms with E-state index in [9.17, 15) is 0 Å². The molecule has 21 aromatic carbocycles. The predicted molar refractivity (Wildman–Crippen MR) is 580 cm³/mol. The van der Waals surface area contributed by atoms with Crippen molar-refractivity contribution in [2.75, 3.05) is 0 Å². The molecule has 0 saturated heterocycles. The molecular formula is C126H78N6S3. The molecule has 0 fully saturated rings. The number of benzene rings is 21. The van der Waals surface area contributed by atoms with Crippen LogP contribution >= 0.6 is 34.0 Å². The maximum atomic E-state index is 2.50. The third-order valence-electron chi connectivity index (χ3n) is 27.8. The number of thiophene rings is 3. The van der Waals surface area contributed by atoms with Crippen LogP contribution in [-0.4, -0.2) is 27.4 Å². The number of aromatic nitrogens is 6. The maximum absolute atomic E-state index is 2.50. The zero-order chi connectivity index (χ0) is 88.5. The van der Waals surface area contributed by atoms with Crippen LogP contribution in [-0.2, 0) is 0 Å². The Bertz CT molecular complexity index is 9990. The summed E-state index contributed by atoms with van der Waals surface area (Å²) in [5.74, 6) is 0. The molecular weight excluding hydrogens is 1690 g/mol. The molecule has 0 aliphatic carbocycles. The number of fused-ring (bicyclic) bond motifs is 30. The van der Waals surface area contributed by atoms with Crippen molar-refractivity contribution in [3.05, 3.63) is 473 Å². The number of nitrogens with zero attached hydrogens (tertiary/aromatic N) is 6. The van der Waals surface area contributed by atoms with E-state index >= 15 is 0 Å². The standard InChI is InChI=1S/C48H30N2S.C42H26N2S.C36H22N2S/c1-4-14-31(15-5-1)33-26-34(32-16-6-2-7-17-32)28-36(27-33)49-42-22-12-10-20-37(42)40-29-41-38-24-25-46-47(39-21-11-13-23-45(39)51-46)48(38)50(44(41)30-43(40)49)35-18-8-3-9-19-35;1-3-12-27(13-4-1)28-14-11-17-30(24-28)43-36-20-9-7-18-31(36)34-25-35-32-22-23-40-41(33-19-8-10-21-39(33)45-40)42(32)44(38(35)26-37(34)43)29-15-5-2-6-16-29;1-3-11-23(12-4-1)37-30-17-9-7-15-25(30)28-21-29-26-19-20-34-35(27-16-8-10-18-33(27)39-34)36(26)38(32(29)22-31(28)37)24-13-5-2-6-14-24/h1-30H;1-26H;1-22H. The Labute approximate surface area is 787 Å². The summed E-state index contributed by atoms with van der Waals surface area (Å²) in [6.45, 7) is 0. The van der Waals surface area contributed by atoms with Crippen LogP contribution in [0.2, 0.25) is 0 Å². The molecule has 0 spiro atoms. The summed E-state index contributed by atoms with van der Waals surface area (Å²) in [6.07, 6.45) is 0. The van der Waals surface area contributed by atoms with Crippen LogP contribution in [0, 0.1) is 0 Å². The molecule has 0 amide bonds. The summed E-state index contributed by atoms with van der Waals surface area (Å²) >= 11 is 5.64. The molecule has 30 rings (SSSR count). The van der Waals surface area contributed by atoms with Crippen LogP contribution in [0.4, 0.5) is 0 Å². The first kappa shape index (κ1) is 76.9. The topological polar surface area (TPSA) is 29.6 Å². The van der Waals surface area contributed by atoms with Crippen molar-refractivity contribution in [3.63, 3.8) is 0 Å². The number of rotatable bonds is 9. The Morgan fingerprint density at radius 3 is 0.711 bits per heavy atom. The summed E-state index contributed by atoms with van der Waals surface area (Å²) < 4.78 is 22.7. The maximum Gasteiger partial charge on any atom is 0.0634 e. The fourth-order valence-electron chi connectivity index (χ4n) is 22.1. The van der Waals surface area contributed by atoms with Gasteiger partial charge in [-0.2, -0.15) is 0 Å². The van der Waals surface area contributed by atoms with Crippen molar-refractivity contribution in [1.29, 1.82) is 0 Å². The molecule has 0 N–H and O–H groups in total. The molecule has 135 heavy (non-hydrogen) atoms. The molecule has 630 valence electrons. The van der Waals surface area contributed by atoms with E-state index in [1.54, 1.807) is 0 Å². The largest absolute Gasteiger partial charge is 0.309 e. The molecule has 0 aliphatic rings. The van der Waals surface area contributed by atoms with E-state index in [1.165, 1.54) is 247 Å². The first-order valence-corrected chi connectivity index (χ1v) is 48.5. The second-order valence-electron chi connectivity index (χ2n) is 35.3. The fourth-order valence-corrected chi connectivity index (χ4v) is 25.4. The van der Waals surface area contributed by atoms with Crippen molar-refractivity contribution in [2.45, 2.75) is 0 Å². The van der Waals surface area contributed by atoms with Gasteiger partial charge in [0.05, 0.1) is 66.2 Å². The van der Waals surface area contributed by atoms with E-state index in [0.29, 0.717) is 0 Å². The smallest absolute Gasteiger partial charge is 0.0634 e. The van der Waals surface area contributed by atoms with E-state index in [-0.39, 0.29) is 0 Å². The SMILES string of the molecule is c1ccc(-c2cc(-c3ccccc3)cc(-n3c4ccccc4c4cc5c6ccc7sc8ccccc8c7c6n(-c6ccccc6)c5cc43)c2)cc1.c1ccc(-c2cccc(-n3c4ccccc4c4cc5c6ccc7sc8ccccc8c7c6n(-c6ccccc6)c5cc43)c2)cc1.c1ccc(-n2c3ccccc3c3cc4c5ccc6sc7ccccc7c6c5n(-c5ccccc5)c4cc32)cc1. The van der Waals surface area contributed by atoms with Gasteiger partial charge in [-0.15, -0.1) is 34.0 Å². The minimum Gasteiger partial charge on any atom is -0.309 e. The Kier molecular flexibility index (Phi) is 17.6. The van der Waals surface area contributed by atoms with Crippen LogP contribution in [0.5, 0.6) is 0 Å². The van der Waals surface area contributed by atoms with Gasteiger partial charge < -0.3 is 27.4 Å². The molecule has 0 saturated carbocycles. The number of hydrogen-bond donors (Lipinski definition) is 0. The second kappa shape index (κ2) is 30.9. The van der Waals surface area contributed by atoms with Crippen molar-refractivity contribution < 1.29 is 0 Å². The molecule has 0 aliphatic heterocycles. The average Bonchev–Trinajstić information content (AvgIpc) is 1.51. The minimum absolute atomic E-state index is 1.15. The molecule has 0 radical (unpaired) electrons. The van der Waals surface area contributed by atoms with Gasteiger partial charge in [0.15, 0.2) is 0 Å². The quantitative estimate of drug-likeness (QED) is 0.138. The molecule has 9 aromatic heterocycles. The summed E-state index contributed by atoms with van der Waals surface area (Å²) in [5, 5.41) is 23.3. The molecule has 0 bridgehead atoms. The van der Waals surface area contributed by atoms with Gasteiger partial charge in [-0.1, -0.05) is 303 Å². The van der Waals surface area contributed by atoms with Crippen molar-refractivity contribution in [1.82, 2.24) is 27.4 Å². The predicted octanol–water partition coefficient (Wildman–Crippen LogP) is 35.7. The number of hydrogen-bond acceptors (Lipinski definition) is 3. The van der Waals surface area contributed by atoms with Gasteiger partial charge >= 0.3 is 0 Å². The molecule has 9 heteroatoms. The van der Waals surface area contributed by atoms with Gasteiger partial charge in [-0.05, 0) is 203 Å². The van der Waals surface area contributed by atoms with E-state index in [4.69, 9.17) is 0 Å². The Hall–Kier alpha value is -16.9. The molecule has 0 atom stereocenters.